The number of carbonyl (C=O) groups is 2. The summed E-state index contributed by atoms with van der Waals surface area (Å²) in [6.07, 6.45) is -3.52. The molecule has 0 spiro atoms. The molecule has 0 unspecified atom stereocenters. The Hall–Kier alpha value is -3.17. The fourth-order valence-corrected chi connectivity index (χ4v) is 5.89. The Labute approximate surface area is 211 Å². The zero-order valence-electron chi connectivity index (χ0n) is 19.6. The van der Waals surface area contributed by atoms with Crippen LogP contribution in [0.4, 0.5) is 13.2 Å². The molecule has 5 nitrogen and oxygen atoms in total. The summed E-state index contributed by atoms with van der Waals surface area (Å²) in [5.74, 6) is -0.294. The number of benzene rings is 2. The van der Waals surface area contributed by atoms with E-state index in [1.165, 1.54) is 22.6 Å². The molecule has 0 N–H and O–H groups in total. The number of amides is 2. The molecule has 36 heavy (non-hydrogen) atoms. The van der Waals surface area contributed by atoms with Gasteiger partial charge in [0.25, 0.3) is 5.91 Å². The summed E-state index contributed by atoms with van der Waals surface area (Å²) in [5.41, 5.74) is 1.86. The van der Waals surface area contributed by atoms with Crippen molar-refractivity contribution in [2.24, 2.45) is 0 Å². The van der Waals surface area contributed by atoms with Gasteiger partial charge in [0, 0.05) is 43.2 Å². The summed E-state index contributed by atoms with van der Waals surface area (Å²) in [6.45, 7) is 2.59. The van der Waals surface area contributed by atoms with Crippen LogP contribution in [0.5, 0.6) is 0 Å². The van der Waals surface area contributed by atoms with Crippen LogP contribution in [0.15, 0.2) is 66.0 Å². The topological polar surface area (TPSA) is 43.9 Å². The van der Waals surface area contributed by atoms with Gasteiger partial charge in [0.15, 0.2) is 0 Å². The van der Waals surface area contributed by atoms with Gasteiger partial charge in [0.2, 0.25) is 5.91 Å². The van der Waals surface area contributed by atoms with Gasteiger partial charge in [-0.05, 0) is 53.3 Å². The molecule has 5 rings (SSSR count). The van der Waals surface area contributed by atoms with Crippen LogP contribution in [0.1, 0.15) is 38.0 Å². The van der Waals surface area contributed by atoms with Gasteiger partial charge in [-0.3, -0.25) is 14.5 Å². The predicted molar refractivity (Wildman–Crippen MR) is 132 cm³/mol. The number of rotatable bonds is 4. The summed E-state index contributed by atoms with van der Waals surface area (Å²) in [5, 5.41) is 2.11. The predicted octanol–water partition coefficient (Wildman–Crippen LogP) is 4.70. The molecule has 0 aliphatic carbocycles. The highest BCUT2D eigenvalue weighted by Crippen LogP contribution is 2.37. The Morgan fingerprint density at radius 3 is 2.19 bits per heavy atom. The van der Waals surface area contributed by atoms with Crippen molar-refractivity contribution in [2.75, 3.05) is 39.3 Å². The van der Waals surface area contributed by atoms with Crippen molar-refractivity contribution in [3.63, 3.8) is 0 Å². The second-order valence-electron chi connectivity index (χ2n) is 9.08. The van der Waals surface area contributed by atoms with Gasteiger partial charge in [-0.1, -0.05) is 30.3 Å². The molecule has 2 amide bonds. The van der Waals surface area contributed by atoms with E-state index in [4.69, 9.17) is 0 Å². The molecule has 3 aromatic rings. The smallest absolute Gasteiger partial charge is 0.338 e. The Morgan fingerprint density at radius 2 is 1.53 bits per heavy atom. The normalized spacial score (nSPS) is 18.7. The lowest BCUT2D eigenvalue weighted by Gasteiger charge is -2.39. The summed E-state index contributed by atoms with van der Waals surface area (Å²) in [7, 11) is 0. The first-order valence-corrected chi connectivity index (χ1v) is 12.8. The minimum Gasteiger partial charge on any atom is -0.338 e. The fraction of sp³-hybridized carbons (Fsp3) is 0.333. The van der Waals surface area contributed by atoms with Gasteiger partial charge in [0.1, 0.15) is 0 Å². The third-order valence-corrected chi connectivity index (χ3v) is 7.89. The summed E-state index contributed by atoms with van der Waals surface area (Å²) < 4.78 is 38.4. The van der Waals surface area contributed by atoms with Crippen LogP contribution in [-0.4, -0.2) is 65.8 Å². The van der Waals surface area contributed by atoms with E-state index in [1.807, 2.05) is 18.2 Å². The van der Waals surface area contributed by atoms with E-state index < -0.39 is 11.7 Å². The monoisotopic (exact) mass is 513 g/mol. The number of carbonyl (C=O) groups excluding carboxylic acids is 2. The van der Waals surface area contributed by atoms with Gasteiger partial charge in [0.05, 0.1) is 18.2 Å². The molecule has 1 saturated heterocycles. The third kappa shape index (κ3) is 5.03. The lowest BCUT2D eigenvalue weighted by Crippen LogP contribution is -2.53. The highest BCUT2D eigenvalue weighted by molar-refractivity contribution is 7.10. The number of hydrogen-bond donors (Lipinski definition) is 0. The van der Waals surface area contributed by atoms with E-state index in [1.54, 1.807) is 21.1 Å². The molecular formula is C27H26F3N3O2S. The number of halogens is 3. The number of piperazine rings is 1. The fourth-order valence-electron chi connectivity index (χ4n) is 4.98. The van der Waals surface area contributed by atoms with E-state index >= 15 is 0 Å². The maximum absolute atomic E-state index is 13.2. The van der Waals surface area contributed by atoms with E-state index in [-0.39, 0.29) is 23.4 Å². The van der Waals surface area contributed by atoms with E-state index in [9.17, 15) is 22.8 Å². The largest absolute Gasteiger partial charge is 0.416 e. The average molecular weight is 514 g/mol. The van der Waals surface area contributed by atoms with Crippen molar-refractivity contribution in [1.29, 1.82) is 0 Å². The molecule has 188 valence electrons. The minimum absolute atomic E-state index is 0.0243. The van der Waals surface area contributed by atoms with E-state index in [0.717, 1.165) is 30.7 Å². The molecule has 9 heteroatoms. The molecule has 2 aromatic carbocycles. The molecule has 1 atom stereocenters. The zero-order valence-corrected chi connectivity index (χ0v) is 20.4. The van der Waals surface area contributed by atoms with Crippen LogP contribution < -0.4 is 0 Å². The van der Waals surface area contributed by atoms with Gasteiger partial charge >= 0.3 is 6.18 Å². The number of hydrogen-bond acceptors (Lipinski definition) is 4. The van der Waals surface area contributed by atoms with Gasteiger partial charge in [-0.15, -0.1) is 11.3 Å². The zero-order chi connectivity index (χ0) is 25.3. The van der Waals surface area contributed by atoms with Gasteiger partial charge in [-0.25, -0.2) is 0 Å². The number of fused-ring (bicyclic) bond motifs is 1. The molecule has 0 radical (unpaired) electrons. The molecule has 0 saturated carbocycles. The van der Waals surface area contributed by atoms with Crippen LogP contribution in [-0.2, 0) is 17.4 Å². The summed E-state index contributed by atoms with van der Waals surface area (Å²) in [6, 6.07) is 16.7. The van der Waals surface area contributed by atoms with Crippen molar-refractivity contribution in [3.05, 3.63) is 93.2 Å². The van der Waals surface area contributed by atoms with Gasteiger partial charge < -0.3 is 9.80 Å². The quantitative estimate of drug-likeness (QED) is 0.508. The molecule has 2 aliphatic rings. The first-order chi connectivity index (χ1) is 17.3. The van der Waals surface area contributed by atoms with Crippen LogP contribution in [0.3, 0.4) is 0 Å². The van der Waals surface area contributed by atoms with Crippen LogP contribution >= 0.6 is 11.3 Å². The van der Waals surface area contributed by atoms with Crippen LogP contribution in [0.2, 0.25) is 0 Å². The van der Waals surface area contributed by atoms with Crippen LogP contribution in [0, 0.1) is 0 Å². The lowest BCUT2D eigenvalue weighted by atomic mass is 9.93. The molecule has 3 heterocycles. The Kier molecular flexibility index (Phi) is 6.85. The molecule has 1 aromatic heterocycles. The number of nitrogens with zero attached hydrogens (tertiary/aromatic N) is 3. The standard InChI is InChI=1S/C27H26F3N3O2S/c28-27(29,30)21-8-6-20(7-9-21)26(35)32-15-13-31(14-16-32)24(34)18-33-12-10-23-22(11-17-36-23)25(33)19-4-2-1-3-5-19/h1-9,11,17,25H,10,12-16,18H2/t25-/m0/s1. The van der Waals surface area contributed by atoms with Crippen molar-refractivity contribution in [1.82, 2.24) is 14.7 Å². The Balaban J connectivity index is 1.21. The second-order valence-corrected chi connectivity index (χ2v) is 10.1. The van der Waals surface area contributed by atoms with Crippen LogP contribution in [0.25, 0.3) is 0 Å². The first kappa shape index (κ1) is 24.5. The Morgan fingerprint density at radius 1 is 0.861 bits per heavy atom. The van der Waals surface area contributed by atoms with Crippen molar-refractivity contribution < 1.29 is 22.8 Å². The van der Waals surface area contributed by atoms with Crippen molar-refractivity contribution in [2.45, 2.75) is 18.6 Å². The maximum atomic E-state index is 13.2. The molecule has 0 bridgehead atoms. The maximum Gasteiger partial charge on any atom is 0.416 e. The number of thiophene rings is 1. The summed E-state index contributed by atoms with van der Waals surface area (Å²) in [4.78, 5) is 33.0. The van der Waals surface area contributed by atoms with Crippen molar-refractivity contribution in [3.8, 4) is 0 Å². The van der Waals surface area contributed by atoms with Gasteiger partial charge in [-0.2, -0.15) is 13.2 Å². The third-order valence-electron chi connectivity index (χ3n) is 6.90. The van der Waals surface area contributed by atoms with E-state index in [0.29, 0.717) is 32.7 Å². The highest BCUT2D eigenvalue weighted by Gasteiger charge is 2.33. The highest BCUT2D eigenvalue weighted by atomic mass is 32.1. The molecular weight excluding hydrogens is 487 g/mol. The molecule has 2 aliphatic heterocycles. The summed E-state index contributed by atoms with van der Waals surface area (Å²) >= 11 is 1.76. The average Bonchev–Trinajstić information content (AvgIpc) is 3.37. The first-order valence-electron chi connectivity index (χ1n) is 11.9. The van der Waals surface area contributed by atoms with E-state index in [2.05, 4.69) is 28.5 Å². The number of alkyl halides is 3. The van der Waals surface area contributed by atoms with Crippen molar-refractivity contribution >= 4 is 23.2 Å². The SMILES string of the molecule is O=C(CN1CCc2sccc2[C@@H]1c1ccccc1)N1CCN(C(=O)c2ccc(C(F)(F)F)cc2)CC1. The lowest BCUT2D eigenvalue weighted by molar-refractivity contribution is -0.137. The molecule has 1 fully saturated rings. The minimum atomic E-state index is -4.44. The Bertz CT molecular complexity index is 1220. The second kappa shape index (κ2) is 10.1.